The second kappa shape index (κ2) is 14.6. The molecule has 0 rings (SSSR count). The third-order valence-electron chi connectivity index (χ3n) is 2.97. The number of amides is 3. The number of alkyl halides is 3. The first-order valence-electron chi connectivity index (χ1n) is 7.51. The van der Waals surface area contributed by atoms with E-state index in [0.717, 1.165) is 0 Å². The van der Waals surface area contributed by atoms with Crippen LogP contribution in [0.15, 0.2) is 0 Å². The van der Waals surface area contributed by atoms with Gasteiger partial charge in [-0.05, 0) is 7.05 Å². The highest BCUT2D eigenvalue weighted by atomic mass is 32.1. The van der Waals surface area contributed by atoms with Gasteiger partial charge >= 0.3 is 12.1 Å². The zero-order valence-corrected chi connectivity index (χ0v) is 17.6. The van der Waals surface area contributed by atoms with Crippen LogP contribution < -0.4 is 21.3 Å². The molecule has 9 nitrogen and oxygen atoms in total. The maximum absolute atomic E-state index is 12.1. The molecule has 0 aliphatic heterocycles. The van der Waals surface area contributed by atoms with Crippen molar-refractivity contribution in [2.75, 3.05) is 31.4 Å². The number of rotatable bonds is 9. The summed E-state index contributed by atoms with van der Waals surface area (Å²) >= 11 is 12.1. The van der Waals surface area contributed by atoms with Crippen molar-refractivity contribution in [1.82, 2.24) is 21.3 Å². The molecule has 28 heavy (non-hydrogen) atoms. The summed E-state index contributed by atoms with van der Waals surface area (Å²) in [5.74, 6) is -3.42. The summed E-state index contributed by atoms with van der Waals surface area (Å²) in [6, 6.07) is -2.12. The van der Waals surface area contributed by atoms with E-state index in [2.05, 4.69) is 59.2 Å². The lowest BCUT2D eigenvalue weighted by molar-refractivity contribution is -0.192. The lowest BCUT2D eigenvalue weighted by Gasteiger charge is -2.22. The van der Waals surface area contributed by atoms with Crippen molar-refractivity contribution in [3.63, 3.8) is 0 Å². The molecule has 15 heteroatoms. The molecule has 0 aliphatic rings. The van der Waals surface area contributed by atoms with Crippen LogP contribution in [0.25, 0.3) is 0 Å². The highest BCUT2D eigenvalue weighted by Crippen LogP contribution is 2.13. The molecule has 0 aromatic carbocycles. The molecular weight excluding hydrogens is 445 g/mol. The van der Waals surface area contributed by atoms with Gasteiger partial charge in [0.2, 0.25) is 17.7 Å². The molecule has 3 amide bonds. The molecule has 0 bridgehead atoms. The number of aliphatic carboxylic acids is 1. The minimum Gasteiger partial charge on any atom is -0.475 e. The van der Waals surface area contributed by atoms with Crippen LogP contribution in [-0.4, -0.2) is 84.5 Å². The summed E-state index contributed by atoms with van der Waals surface area (Å²) in [5, 5.41) is 17.4. The van der Waals surface area contributed by atoms with Crippen molar-refractivity contribution >= 4 is 61.6 Å². The molecule has 0 saturated carbocycles. The number of carbonyl (C=O) groups is 4. The van der Waals surface area contributed by atoms with Gasteiger partial charge in [0.05, 0.1) is 6.04 Å². The van der Waals surface area contributed by atoms with Gasteiger partial charge in [-0.2, -0.15) is 51.1 Å². The standard InChI is InChI=1S/C11H22N4O3S3.C2HF3O2/c1-12-6(3-19)10(17)15-8(5-21)11(18)14-7(4-20)9(16)13-2;3-2(4,5)1(6)7/h6-8,12,19-21H,3-5H2,1-2H3,(H,13,16)(H,14,18)(H,15,17);(H,6,7)/t6-,7-,8-;/m0./s1. The second-order valence-electron chi connectivity index (χ2n) is 4.93. The lowest BCUT2D eigenvalue weighted by Crippen LogP contribution is -2.57. The first-order valence-corrected chi connectivity index (χ1v) is 9.41. The van der Waals surface area contributed by atoms with Crippen molar-refractivity contribution in [3.05, 3.63) is 0 Å². The van der Waals surface area contributed by atoms with E-state index in [-0.39, 0.29) is 23.3 Å². The summed E-state index contributed by atoms with van der Waals surface area (Å²) in [6.07, 6.45) is -5.08. The van der Waals surface area contributed by atoms with Crippen LogP contribution in [0.1, 0.15) is 0 Å². The van der Waals surface area contributed by atoms with E-state index in [1.54, 1.807) is 7.05 Å². The molecule has 0 aliphatic carbocycles. The number of thiol groups is 3. The van der Waals surface area contributed by atoms with Crippen LogP contribution >= 0.6 is 37.9 Å². The fraction of sp³-hybridized carbons (Fsp3) is 0.692. The van der Waals surface area contributed by atoms with E-state index in [0.29, 0.717) is 5.75 Å². The van der Waals surface area contributed by atoms with Crippen LogP contribution in [0.2, 0.25) is 0 Å². The Morgan fingerprint density at radius 3 is 1.39 bits per heavy atom. The number of hydrogen-bond acceptors (Lipinski definition) is 8. The molecule has 0 heterocycles. The number of halogens is 3. The molecule has 5 N–H and O–H groups in total. The highest BCUT2D eigenvalue weighted by Gasteiger charge is 2.38. The average molecular weight is 469 g/mol. The molecule has 0 aromatic rings. The molecule has 3 atom stereocenters. The third kappa shape index (κ3) is 11.5. The number of carbonyl (C=O) groups excluding carboxylic acids is 3. The van der Waals surface area contributed by atoms with Gasteiger partial charge in [0, 0.05) is 24.3 Å². The fourth-order valence-corrected chi connectivity index (χ4v) is 2.27. The van der Waals surface area contributed by atoms with Gasteiger partial charge in [-0.15, -0.1) is 0 Å². The Labute approximate surface area is 176 Å². The number of nitrogens with one attached hydrogen (secondary N) is 4. The Hall–Kier alpha value is -1.32. The smallest absolute Gasteiger partial charge is 0.475 e. The van der Waals surface area contributed by atoms with Crippen LogP contribution in [0.4, 0.5) is 13.2 Å². The Balaban J connectivity index is 0. The van der Waals surface area contributed by atoms with E-state index in [1.165, 1.54) is 7.05 Å². The largest absolute Gasteiger partial charge is 0.490 e. The molecule has 0 fully saturated rings. The monoisotopic (exact) mass is 468 g/mol. The number of likely N-dealkylation sites (N-methyl/N-ethyl adjacent to an activating group) is 2. The average Bonchev–Trinajstić information content (AvgIpc) is 2.63. The van der Waals surface area contributed by atoms with Crippen molar-refractivity contribution in [1.29, 1.82) is 0 Å². The van der Waals surface area contributed by atoms with Crippen molar-refractivity contribution < 1.29 is 37.5 Å². The zero-order chi connectivity index (χ0) is 22.5. The summed E-state index contributed by atoms with van der Waals surface area (Å²) in [5.41, 5.74) is 0. The quantitative estimate of drug-likeness (QED) is 0.199. The summed E-state index contributed by atoms with van der Waals surface area (Å²) in [4.78, 5) is 44.4. The maximum Gasteiger partial charge on any atom is 0.490 e. The van der Waals surface area contributed by atoms with Crippen LogP contribution in [0.3, 0.4) is 0 Å². The Morgan fingerprint density at radius 1 is 0.821 bits per heavy atom. The maximum atomic E-state index is 12.1. The zero-order valence-electron chi connectivity index (χ0n) is 14.9. The van der Waals surface area contributed by atoms with Gasteiger partial charge in [0.25, 0.3) is 0 Å². The van der Waals surface area contributed by atoms with Gasteiger partial charge in [-0.25, -0.2) is 4.79 Å². The van der Waals surface area contributed by atoms with E-state index < -0.39 is 36.2 Å². The van der Waals surface area contributed by atoms with Crippen LogP contribution in [-0.2, 0) is 19.2 Å². The van der Waals surface area contributed by atoms with Crippen molar-refractivity contribution in [2.24, 2.45) is 0 Å². The minimum absolute atomic E-state index is 0.105. The number of carboxylic acids is 1. The molecule has 0 unspecified atom stereocenters. The van der Waals surface area contributed by atoms with E-state index >= 15 is 0 Å². The van der Waals surface area contributed by atoms with Gasteiger partial charge in [0.1, 0.15) is 12.1 Å². The summed E-state index contributed by atoms with van der Waals surface area (Å²) < 4.78 is 31.7. The van der Waals surface area contributed by atoms with Crippen LogP contribution in [0, 0.1) is 0 Å². The highest BCUT2D eigenvalue weighted by molar-refractivity contribution is 7.80. The van der Waals surface area contributed by atoms with E-state index in [4.69, 9.17) is 9.90 Å². The first kappa shape index (κ1) is 28.9. The van der Waals surface area contributed by atoms with Gasteiger partial charge in [-0.3, -0.25) is 14.4 Å². The molecule has 0 radical (unpaired) electrons. The predicted molar refractivity (Wildman–Crippen MR) is 106 cm³/mol. The molecule has 0 aromatic heterocycles. The van der Waals surface area contributed by atoms with Gasteiger partial charge in [0.15, 0.2) is 0 Å². The third-order valence-corrected chi connectivity index (χ3v) is 4.06. The van der Waals surface area contributed by atoms with Gasteiger partial charge < -0.3 is 26.4 Å². The van der Waals surface area contributed by atoms with Crippen molar-refractivity contribution in [3.8, 4) is 0 Å². The van der Waals surface area contributed by atoms with Crippen LogP contribution in [0.5, 0.6) is 0 Å². The SMILES string of the molecule is CNC(=O)[C@H](CS)NC(=O)[C@H](CS)NC(=O)[C@H](CS)NC.O=C(O)C(F)(F)F. The fourth-order valence-electron chi connectivity index (χ4n) is 1.41. The first-order chi connectivity index (χ1) is 12.9. The lowest BCUT2D eigenvalue weighted by atomic mass is 10.2. The molecular formula is C13H23F3N4O5S3. The number of hydrogen-bond donors (Lipinski definition) is 8. The van der Waals surface area contributed by atoms with Crippen molar-refractivity contribution in [2.45, 2.75) is 24.3 Å². The van der Waals surface area contributed by atoms with Gasteiger partial charge in [-0.1, -0.05) is 0 Å². The Kier molecular flexibility index (Phi) is 15.1. The molecule has 0 saturated heterocycles. The summed E-state index contributed by atoms with van der Waals surface area (Å²) in [6.45, 7) is 0. The van der Waals surface area contributed by atoms with E-state index in [9.17, 15) is 27.6 Å². The molecule has 164 valence electrons. The Morgan fingerprint density at radius 2 is 1.14 bits per heavy atom. The van der Waals surface area contributed by atoms with E-state index in [1.807, 2.05) is 0 Å². The normalized spacial score (nSPS) is 13.9. The predicted octanol–water partition coefficient (Wildman–Crippen LogP) is -1.29. The molecule has 0 spiro atoms. The topological polar surface area (TPSA) is 137 Å². The minimum atomic E-state index is -5.08. The number of carboxylic acid groups (broad SMARTS) is 1. The second-order valence-corrected chi connectivity index (χ2v) is 6.02. The Bertz CT molecular complexity index is 536. The summed E-state index contributed by atoms with van der Waals surface area (Å²) in [7, 11) is 3.09.